The molecule has 4 aromatic rings. The van der Waals surface area contributed by atoms with Crippen molar-refractivity contribution in [1.82, 2.24) is 14.9 Å². The Morgan fingerprint density at radius 1 is 1.00 bits per heavy atom. The third kappa shape index (κ3) is 4.74. The number of imidazole rings is 1. The Labute approximate surface area is 189 Å². The van der Waals surface area contributed by atoms with E-state index in [4.69, 9.17) is 16.6 Å². The lowest BCUT2D eigenvalue weighted by Gasteiger charge is -2.11. The highest BCUT2D eigenvalue weighted by molar-refractivity contribution is 9.10. The molecule has 0 unspecified atom stereocenters. The van der Waals surface area contributed by atoms with Gasteiger partial charge in [0, 0.05) is 28.0 Å². The number of rotatable bonds is 7. The molecule has 0 aliphatic rings. The van der Waals surface area contributed by atoms with Gasteiger partial charge in [-0.3, -0.25) is 4.79 Å². The van der Waals surface area contributed by atoms with Crippen LogP contribution >= 0.6 is 27.5 Å². The van der Waals surface area contributed by atoms with Crippen LogP contribution in [0.2, 0.25) is 5.02 Å². The Morgan fingerprint density at radius 2 is 1.73 bits per heavy atom. The summed E-state index contributed by atoms with van der Waals surface area (Å²) in [5.74, 6) is 0.932. The van der Waals surface area contributed by atoms with Gasteiger partial charge in [-0.15, -0.1) is 0 Å². The van der Waals surface area contributed by atoms with Crippen molar-refractivity contribution in [2.45, 2.75) is 19.4 Å². The van der Waals surface area contributed by atoms with E-state index in [0.717, 1.165) is 44.8 Å². The summed E-state index contributed by atoms with van der Waals surface area (Å²) in [7, 11) is 0. The summed E-state index contributed by atoms with van der Waals surface area (Å²) in [6.07, 6.45) is 1.56. The minimum atomic E-state index is -0.0629. The smallest absolute Gasteiger partial charge is 0.251 e. The van der Waals surface area contributed by atoms with Crippen molar-refractivity contribution < 1.29 is 4.79 Å². The van der Waals surface area contributed by atoms with E-state index in [1.54, 1.807) is 0 Å². The van der Waals surface area contributed by atoms with Crippen LogP contribution in [0.15, 0.2) is 77.3 Å². The molecule has 152 valence electrons. The number of carbonyl (C=O) groups excluding carboxylic acids is 1. The predicted molar refractivity (Wildman–Crippen MR) is 125 cm³/mol. The van der Waals surface area contributed by atoms with Crippen molar-refractivity contribution in [3.8, 4) is 0 Å². The summed E-state index contributed by atoms with van der Waals surface area (Å²) in [5, 5.41) is 3.74. The molecular formula is C24H21BrClN3O. The second kappa shape index (κ2) is 9.45. The zero-order valence-corrected chi connectivity index (χ0v) is 18.7. The number of amides is 1. The molecule has 1 amide bonds. The van der Waals surface area contributed by atoms with Crippen LogP contribution in [0, 0.1) is 0 Å². The number of nitrogens with one attached hydrogen (secondary N) is 1. The van der Waals surface area contributed by atoms with Crippen molar-refractivity contribution in [3.05, 3.63) is 99.2 Å². The molecule has 0 fully saturated rings. The van der Waals surface area contributed by atoms with E-state index in [9.17, 15) is 4.79 Å². The second-order valence-electron chi connectivity index (χ2n) is 7.06. The zero-order valence-electron chi connectivity index (χ0n) is 16.3. The van der Waals surface area contributed by atoms with Crippen LogP contribution in [0.25, 0.3) is 11.0 Å². The Balaban J connectivity index is 1.45. The third-order valence-corrected chi connectivity index (χ3v) is 5.89. The van der Waals surface area contributed by atoms with Crippen molar-refractivity contribution in [2.75, 3.05) is 6.54 Å². The fraction of sp³-hybridized carbons (Fsp3) is 0.167. The van der Waals surface area contributed by atoms with E-state index >= 15 is 0 Å². The van der Waals surface area contributed by atoms with Gasteiger partial charge >= 0.3 is 0 Å². The molecule has 0 aliphatic heterocycles. The van der Waals surface area contributed by atoms with Crippen LogP contribution in [0.5, 0.6) is 0 Å². The van der Waals surface area contributed by atoms with Crippen molar-refractivity contribution in [2.24, 2.45) is 0 Å². The minimum absolute atomic E-state index is 0.0629. The number of hydrogen-bond donors (Lipinski definition) is 1. The molecule has 0 saturated carbocycles. The SMILES string of the molecule is O=C(NCCCc1nc2ccccc2n1Cc1ccccc1Cl)c1ccc(Br)cc1. The van der Waals surface area contributed by atoms with Crippen LogP contribution in [0.1, 0.15) is 28.2 Å². The number of benzene rings is 3. The lowest BCUT2D eigenvalue weighted by Crippen LogP contribution is -2.25. The molecule has 0 bridgehead atoms. The minimum Gasteiger partial charge on any atom is -0.352 e. The summed E-state index contributed by atoms with van der Waals surface area (Å²) >= 11 is 9.77. The number of carbonyl (C=O) groups is 1. The molecule has 0 radical (unpaired) electrons. The fourth-order valence-electron chi connectivity index (χ4n) is 3.44. The molecule has 1 aromatic heterocycles. The standard InChI is InChI=1S/C24H21BrClN3O/c25-19-13-11-17(12-14-19)24(30)27-15-5-10-23-28-21-8-3-4-9-22(21)29(23)16-18-6-1-2-7-20(18)26/h1-4,6-9,11-14H,5,10,15-16H2,(H,27,30). The highest BCUT2D eigenvalue weighted by Crippen LogP contribution is 2.22. The van der Waals surface area contributed by atoms with E-state index in [2.05, 4.69) is 31.9 Å². The second-order valence-corrected chi connectivity index (χ2v) is 8.38. The van der Waals surface area contributed by atoms with Gasteiger partial charge in [0.25, 0.3) is 5.91 Å². The summed E-state index contributed by atoms with van der Waals surface area (Å²) in [4.78, 5) is 17.1. The molecular weight excluding hydrogens is 462 g/mol. The first-order chi connectivity index (χ1) is 14.6. The average molecular weight is 483 g/mol. The third-order valence-electron chi connectivity index (χ3n) is 4.99. The summed E-state index contributed by atoms with van der Waals surface area (Å²) < 4.78 is 3.17. The lowest BCUT2D eigenvalue weighted by molar-refractivity contribution is 0.0953. The number of hydrogen-bond acceptors (Lipinski definition) is 2. The highest BCUT2D eigenvalue weighted by atomic mass is 79.9. The number of nitrogens with zero attached hydrogens (tertiary/aromatic N) is 2. The maximum atomic E-state index is 12.3. The predicted octanol–water partition coefficient (Wildman–Crippen LogP) is 5.86. The molecule has 1 heterocycles. The average Bonchev–Trinajstić information content (AvgIpc) is 3.10. The van der Waals surface area contributed by atoms with Gasteiger partial charge in [0.05, 0.1) is 17.6 Å². The van der Waals surface area contributed by atoms with E-state index < -0.39 is 0 Å². The van der Waals surface area contributed by atoms with Gasteiger partial charge < -0.3 is 9.88 Å². The summed E-state index contributed by atoms with van der Waals surface area (Å²) in [5.41, 5.74) is 3.78. The summed E-state index contributed by atoms with van der Waals surface area (Å²) in [6, 6.07) is 23.4. The first kappa shape index (κ1) is 20.6. The fourth-order valence-corrected chi connectivity index (χ4v) is 3.90. The molecule has 6 heteroatoms. The Morgan fingerprint density at radius 3 is 2.53 bits per heavy atom. The molecule has 0 aliphatic carbocycles. The van der Waals surface area contributed by atoms with Crippen molar-refractivity contribution in [3.63, 3.8) is 0 Å². The Hall–Kier alpha value is -2.63. The monoisotopic (exact) mass is 481 g/mol. The van der Waals surface area contributed by atoms with Crippen molar-refractivity contribution in [1.29, 1.82) is 0 Å². The Kier molecular flexibility index (Phi) is 6.50. The molecule has 0 spiro atoms. The molecule has 4 rings (SSSR count). The highest BCUT2D eigenvalue weighted by Gasteiger charge is 2.12. The Bertz CT molecular complexity index is 1170. The summed E-state index contributed by atoms with van der Waals surface area (Å²) in [6.45, 7) is 1.25. The largest absolute Gasteiger partial charge is 0.352 e. The van der Waals surface area contributed by atoms with Crippen LogP contribution in [-0.4, -0.2) is 22.0 Å². The van der Waals surface area contributed by atoms with Crippen LogP contribution in [-0.2, 0) is 13.0 Å². The normalized spacial score (nSPS) is 11.0. The van der Waals surface area contributed by atoms with Gasteiger partial charge in [0.1, 0.15) is 5.82 Å². The molecule has 0 saturated heterocycles. The van der Waals surface area contributed by atoms with Crippen LogP contribution < -0.4 is 5.32 Å². The van der Waals surface area contributed by atoms with Crippen LogP contribution in [0.4, 0.5) is 0 Å². The van der Waals surface area contributed by atoms with E-state index in [0.29, 0.717) is 18.7 Å². The number of aryl methyl sites for hydroxylation is 1. The van der Waals surface area contributed by atoms with E-state index in [1.165, 1.54) is 0 Å². The van der Waals surface area contributed by atoms with E-state index in [1.807, 2.05) is 66.7 Å². The first-order valence-electron chi connectivity index (χ1n) is 9.83. The van der Waals surface area contributed by atoms with Gasteiger partial charge in [-0.25, -0.2) is 4.98 Å². The number of halogens is 2. The van der Waals surface area contributed by atoms with Gasteiger partial charge in [0.2, 0.25) is 0 Å². The van der Waals surface area contributed by atoms with Gasteiger partial charge in [-0.05, 0) is 54.4 Å². The molecule has 3 aromatic carbocycles. The molecule has 0 atom stereocenters. The van der Waals surface area contributed by atoms with Gasteiger partial charge in [-0.1, -0.05) is 57.9 Å². The number of aromatic nitrogens is 2. The number of fused-ring (bicyclic) bond motifs is 1. The molecule has 4 nitrogen and oxygen atoms in total. The maximum absolute atomic E-state index is 12.3. The van der Waals surface area contributed by atoms with E-state index in [-0.39, 0.29) is 5.91 Å². The first-order valence-corrected chi connectivity index (χ1v) is 11.0. The zero-order chi connectivity index (χ0) is 20.9. The van der Waals surface area contributed by atoms with Gasteiger partial charge in [-0.2, -0.15) is 0 Å². The maximum Gasteiger partial charge on any atom is 0.251 e. The van der Waals surface area contributed by atoms with Crippen LogP contribution in [0.3, 0.4) is 0 Å². The van der Waals surface area contributed by atoms with Gasteiger partial charge in [0.15, 0.2) is 0 Å². The quantitative estimate of drug-likeness (QED) is 0.335. The molecule has 30 heavy (non-hydrogen) atoms. The molecule has 1 N–H and O–H groups in total. The van der Waals surface area contributed by atoms with Crippen molar-refractivity contribution >= 4 is 44.5 Å². The topological polar surface area (TPSA) is 46.9 Å². The lowest BCUT2D eigenvalue weighted by atomic mass is 10.2. The number of para-hydroxylation sites is 2.